The van der Waals surface area contributed by atoms with Gasteiger partial charge in [0.05, 0.1) is 0 Å². The van der Waals surface area contributed by atoms with Crippen molar-refractivity contribution in [1.82, 2.24) is 5.32 Å². The molecule has 0 bridgehead atoms. The lowest BCUT2D eigenvalue weighted by Crippen LogP contribution is -2.25. The van der Waals surface area contributed by atoms with Gasteiger partial charge < -0.3 is 15.4 Å². The van der Waals surface area contributed by atoms with Gasteiger partial charge in [-0.05, 0) is 18.8 Å². The molecule has 0 aromatic rings. The zero-order valence-corrected chi connectivity index (χ0v) is 9.73. The first-order chi connectivity index (χ1) is 7.56. The van der Waals surface area contributed by atoms with Crippen LogP contribution in [0.25, 0.3) is 0 Å². The Kier molecular flexibility index (Phi) is 7.25. The highest BCUT2D eigenvalue weighted by Gasteiger charge is 2.13. The fourth-order valence-corrected chi connectivity index (χ4v) is 1.04. The molecule has 0 aromatic carbocycles. The average molecular weight is 223 g/mol. The van der Waals surface area contributed by atoms with Gasteiger partial charge in [-0.1, -0.05) is 31.7 Å². The quantitative estimate of drug-likeness (QED) is 0.350. The number of allylic oxidation sites excluding steroid dienone is 3. The van der Waals surface area contributed by atoms with Gasteiger partial charge in [0.2, 0.25) is 0 Å². The van der Waals surface area contributed by atoms with Gasteiger partial charge in [0.1, 0.15) is 0 Å². The van der Waals surface area contributed by atoms with Crippen LogP contribution in [0.1, 0.15) is 20.3 Å². The predicted octanol–water partition coefficient (Wildman–Crippen LogP) is 0.583. The van der Waals surface area contributed by atoms with Gasteiger partial charge in [-0.25, -0.2) is 0 Å². The van der Waals surface area contributed by atoms with Crippen molar-refractivity contribution >= 4 is 13.0 Å². The van der Waals surface area contributed by atoms with Gasteiger partial charge in [0.25, 0.3) is 5.91 Å². The van der Waals surface area contributed by atoms with Crippen LogP contribution in [0.3, 0.4) is 0 Å². The van der Waals surface area contributed by atoms with E-state index in [1.54, 1.807) is 13.0 Å². The topological polar surface area (TPSA) is 69.6 Å². The number of hydrogen-bond acceptors (Lipinski definition) is 3. The number of carbonyl (C=O) groups is 1. The highest BCUT2D eigenvalue weighted by Crippen LogP contribution is 2.05. The normalized spacial score (nSPS) is 12.2. The molecule has 88 valence electrons. The van der Waals surface area contributed by atoms with Gasteiger partial charge in [0, 0.05) is 12.1 Å². The van der Waals surface area contributed by atoms with E-state index in [9.17, 15) is 4.79 Å². The van der Waals surface area contributed by atoms with E-state index < -0.39 is 7.12 Å². The molecule has 0 saturated carbocycles. The summed E-state index contributed by atoms with van der Waals surface area (Å²) in [6, 6.07) is 0. The maximum atomic E-state index is 11.6. The molecule has 0 atom stereocenters. The summed E-state index contributed by atoms with van der Waals surface area (Å²) in [7, 11) is -1.62. The largest absolute Gasteiger partial charge is 0.488 e. The lowest BCUT2D eigenvalue weighted by molar-refractivity contribution is -0.117. The van der Waals surface area contributed by atoms with Crippen LogP contribution in [0.2, 0.25) is 0 Å². The van der Waals surface area contributed by atoms with E-state index in [-0.39, 0.29) is 11.4 Å². The Morgan fingerprint density at radius 1 is 1.50 bits per heavy atom. The van der Waals surface area contributed by atoms with E-state index in [1.807, 2.05) is 6.92 Å². The standard InChI is InChI=1S/C11H18BNO3/c1-4-7-13-11(14)9(5-2)8-10(6-3)12(15)16/h5-6,8,15-16H,3-4,7H2,1-2H3,(H,13,14)/b9-5+,10-8+. The molecule has 0 rings (SSSR count). The zero-order valence-electron chi connectivity index (χ0n) is 9.73. The summed E-state index contributed by atoms with van der Waals surface area (Å²) in [5, 5.41) is 20.6. The van der Waals surface area contributed by atoms with Crippen molar-refractivity contribution in [3.8, 4) is 0 Å². The predicted molar refractivity (Wildman–Crippen MR) is 65.5 cm³/mol. The maximum Gasteiger partial charge on any atom is 0.488 e. The van der Waals surface area contributed by atoms with E-state index >= 15 is 0 Å². The maximum absolute atomic E-state index is 11.6. The highest BCUT2D eigenvalue weighted by molar-refractivity contribution is 6.52. The Morgan fingerprint density at radius 3 is 2.50 bits per heavy atom. The Bertz CT molecular complexity index is 308. The molecule has 4 nitrogen and oxygen atoms in total. The lowest BCUT2D eigenvalue weighted by atomic mass is 9.78. The molecule has 16 heavy (non-hydrogen) atoms. The number of carbonyl (C=O) groups excluding carboxylic acids is 1. The van der Waals surface area contributed by atoms with Crippen molar-refractivity contribution in [3.05, 3.63) is 35.9 Å². The molecule has 0 unspecified atom stereocenters. The Morgan fingerprint density at radius 2 is 2.12 bits per heavy atom. The van der Waals surface area contributed by atoms with Crippen molar-refractivity contribution in [2.75, 3.05) is 6.54 Å². The summed E-state index contributed by atoms with van der Waals surface area (Å²) >= 11 is 0. The zero-order chi connectivity index (χ0) is 12.6. The van der Waals surface area contributed by atoms with E-state index in [2.05, 4.69) is 11.9 Å². The molecule has 5 heteroatoms. The fraction of sp³-hybridized carbons (Fsp3) is 0.364. The van der Waals surface area contributed by atoms with Crippen LogP contribution in [0, 0.1) is 0 Å². The Labute approximate surface area is 96.5 Å². The first-order valence-electron chi connectivity index (χ1n) is 5.21. The first kappa shape index (κ1) is 14.7. The monoisotopic (exact) mass is 223 g/mol. The van der Waals surface area contributed by atoms with Gasteiger partial charge >= 0.3 is 7.12 Å². The smallest absolute Gasteiger partial charge is 0.423 e. The van der Waals surface area contributed by atoms with Crippen molar-refractivity contribution in [2.45, 2.75) is 20.3 Å². The van der Waals surface area contributed by atoms with Crippen LogP contribution in [-0.2, 0) is 4.79 Å². The van der Waals surface area contributed by atoms with Gasteiger partial charge in [-0.3, -0.25) is 4.79 Å². The molecule has 1 amide bonds. The second-order valence-corrected chi connectivity index (χ2v) is 3.22. The van der Waals surface area contributed by atoms with Crippen molar-refractivity contribution in [1.29, 1.82) is 0 Å². The van der Waals surface area contributed by atoms with Gasteiger partial charge in [-0.2, -0.15) is 0 Å². The van der Waals surface area contributed by atoms with E-state index in [4.69, 9.17) is 10.0 Å². The summed E-state index contributed by atoms with van der Waals surface area (Å²) in [4.78, 5) is 11.6. The molecular weight excluding hydrogens is 205 g/mol. The van der Waals surface area contributed by atoms with Crippen molar-refractivity contribution < 1.29 is 14.8 Å². The third kappa shape index (κ3) is 4.95. The van der Waals surface area contributed by atoms with Crippen molar-refractivity contribution in [3.63, 3.8) is 0 Å². The SMILES string of the molecule is C=C/C(=C\C(=C/C)C(=O)NCCC)B(O)O. The molecule has 0 spiro atoms. The number of rotatable bonds is 6. The third-order valence-corrected chi connectivity index (χ3v) is 1.96. The summed E-state index contributed by atoms with van der Waals surface area (Å²) in [6.07, 6.45) is 5.17. The van der Waals surface area contributed by atoms with E-state index in [0.29, 0.717) is 12.1 Å². The minimum absolute atomic E-state index is 0.194. The molecule has 0 aliphatic carbocycles. The number of hydrogen-bond donors (Lipinski definition) is 3. The lowest BCUT2D eigenvalue weighted by Gasteiger charge is -2.05. The molecule has 3 N–H and O–H groups in total. The summed E-state index contributed by atoms with van der Waals surface area (Å²) in [5.41, 5.74) is 0.580. The summed E-state index contributed by atoms with van der Waals surface area (Å²) in [5.74, 6) is -0.232. The minimum atomic E-state index is -1.62. The van der Waals surface area contributed by atoms with Crippen LogP contribution in [0.5, 0.6) is 0 Å². The number of amides is 1. The average Bonchev–Trinajstić information content (AvgIpc) is 2.27. The molecule has 0 aliphatic heterocycles. The second kappa shape index (κ2) is 7.90. The van der Waals surface area contributed by atoms with Crippen LogP contribution < -0.4 is 5.32 Å². The summed E-state index contributed by atoms with van der Waals surface area (Å²) in [6.45, 7) is 7.70. The molecule has 0 heterocycles. The molecule has 0 aliphatic rings. The minimum Gasteiger partial charge on any atom is -0.423 e. The highest BCUT2D eigenvalue weighted by atomic mass is 16.4. The van der Waals surface area contributed by atoms with Crippen LogP contribution in [0.15, 0.2) is 35.9 Å². The summed E-state index contributed by atoms with van der Waals surface area (Å²) < 4.78 is 0. The van der Waals surface area contributed by atoms with Gasteiger partial charge in [0.15, 0.2) is 0 Å². The van der Waals surface area contributed by atoms with E-state index in [0.717, 1.165) is 6.42 Å². The molecule has 0 radical (unpaired) electrons. The molecule has 0 aromatic heterocycles. The van der Waals surface area contributed by atoms with Crippen LogP contribution in [0.4, 0.5) is 0 Å². The first-order valence-corrected chi connectivity index (χ1v) is 5.21. The van der Waals surface area contributed by atoms with Gasteiger partial charge in [-0.15, -0.1) is 0 Å². The Hall–Kier alpha value is -1.33. The van der Waals surface area contributed by atoms with E-state index in [1.165, 1.54) is 12.2 Å². The molecule has 0 saturated heterocycles. The fourth-order valence-electron chi connectivity index (χ4n) is 1.04. The molecule has 0 fully saturated rings. The van der Waals surface area contributed by atoms with Crippen molar-refractivity contribution in [2.24, 2.45) is 0 Å². The second-order valence-electron chi connectivity index (χ2n) is 3.22. The van der Waals surface area contributed by atoms with Crippen LogP contribution >= 0.6 is 0 Å². The number of nitrogens with one attached hydrogen (secondary N) is 1. The third-order valence-electron chi connectivity index (χ3n) is 1.96. The molecular formula is C11H18BNO3. The van der Waals surface area contributed by atoms with Crippen LogP contribution in [-0.4, -0.2) is 29.6 Å². The Balaban J connectivity index is 4.75.